The lowest BCUT2D eigenvalue weighted by molar-refractivity contribution is 0.0987. The number of hydrogen-bond acceptors (Lipinski definition) is 3. The molecule has 0 saturated heterocycles. The van der Waals surface area contributed by atoms with Gasteiger partial charge in [-0.2, -0.15) is 5.10 Å². The van der Waals surface area contributed by atoms with E-state index in [2.05, 4.69) is 40.0 Å². The number of halogens is 2. The Morgan fingerprint density at radius 1 is 1.46 bits per heavy atom. The molecule has 2 atom stereocenters. The Labute approximate surface area is 150 Å². The van der Waals surface area contributed by atoms with Crippen LogP contribution in [-0.4, -0.2) is 42.7 Å². The summed E-state index contributed by atoms with van der Waals surface area (Å²) in [4.78, 5) is 18.9. The maximum atomic E-state index is 13.3. The average Bonchev–Trinajstić information content (AvgIpc) is 2.99. The van der Waals surface area contributed by atoms with Crippen LogP contribution in [0.4, 0.5) is 19.4 Å². The van der Waals surface area contributed by atoms with Crippen LogP contribution in [-0.2, 0) is 13.1 Å². The van der Waals surface area contributed by atoms with Gasteiger partial charge in [-0.3, -0.25) is 5.32 Å². The third-order valence-corrected chi connectivity index (χ3v) is 5.22. The first-order chi connectivity index (χ1) is 12.4. The van der Waals surface area contributed by atoms with Gasteiger partial charge >= 0.3 is 6.03 Å². The lowest BCUT2D eigenvalue weighted by Gasteiger charge is -2.27. The van der Waals surface area contributed by atoms with Crippen molar-refractivity contribution in [2.75, 3.05) is 11.9 Å². The highest BCUT2D eigenvalue weighted by atomic mass is 19.3. The van der Waals surface area contributed by atoms with Crippen molar-refractivity contribution in [2.45, 2.75) is 57.7 Å². The smallest absolute Gasteiger partial charge is 0.323 e. The molecular formula is C17H22F2N6O. The summed E-state index contributed by atoms with van der Waals surface area (Å²) in [6.45, 7) is 5.87. The molecular weight excluding hydrogens is 342 g/mol. The molecule has 9 heteroatoms. The van der Waals surface area contributed by atoms with Gasteiger partial charge in [-0.05, 0) is 12.3 Å². The van der Waals surface area contributed by atoms with E-state index < -0.39 is 12.0 Å². The van der Waals surface area contributed by atoms with Crippen LogP contribution < -0.4 is 5.32 Å². The van der Waals surface area contributed by atoms with E-state index in [0.717, 1.165) is 17.9 Å². The van der Waals surface area contributed by atoms with Gasteiger partial charge in [0.15, 0.2) is 0 Å². The van der Waals surface area contributed by atoms with Crippen molar-refractivity contribution >= 4 is 11.8 Å². The summed E-state index contributed by atoms with van der Waals surface area (Å²) in [7, 11) is 0. The number of carbonyl (C=O) groups excluding carboxylic acids is 1. The molecule has 0 spiro atoms. The van der Waals surface area contributed by atoms with Crippen LogP contribution in [0.3, 0.4) is 0 Å². The van der Waals surface area contributed by atoms with Crippen LogP contribution >= 0.6 is 0 Å². The summed E-state index contributed by atoms with van der Waals surface area (Å²) < 4.78 is 29.9. The van der Waals surface area contributed by atoms with E-state index in [1.54, 1.807) is 4.90 Å². The third-order valence-electron chi connectivity index (χ3n) is 5.22. The van der Waals surface area contributed by atoms with Crippen LogP contribution in [0.15, 0.2) is 18.5 Å². The first kappa shape index (κ1) is 17.0. The van der Waals surface area contributed by atoms with Crippen molar-refractivity contribution in [1.29, 1.82) is 0 Å². The predicted octanol–water partition coefficient (Wildman–Crippen LogP) is 3.22. The number of fused-ring (bicyclic) bond motifs is 1. The van der Waals surface area contributed by atoms with Gasteiger partial charge in [-0.25, -0.2) is 23.2 Å². The maximum absolute atomic E-state index is 13.3. The number of nitrogens with zero attached hydrogens (tertiary/aromatic N) is 5. The Morgan fingerprint density at radius 2 is 2.23 bits per heavy atom. The van der Waals surface area contributed by atoms with Crippen molar-refractivity contribution in [3.8, 4) is 0 Å². The van der Waals surface area contributed by atoms with Gasteiger partial charge in [-0.1, -0.05) is 13.8 Å². The Bertz CT molecular complexity index is 829. The molecule has 4 rings (SSSR count). The van der Waals surface area contributed by atoms with E-state index >= 15 is 0 Å². The van der Waals surface area contributed by atoms with E-state index in [1.165, 1.54) is 16.9 Å². The zero-order valence-corrected chi connectivity index (χ0v) is 14.8. The molecule has 2 aliphatic rings. The summed E-state index contributed by atoms with van der Waals surface area (Å²) in [5, 5.41) is 6.64. The van der Waals surface area contributed by atoms with Gasteiger partial charge in [0.25, 0.3) is 5.92 Å². The Kier molecular flexibility index (Phi) is 3.96. The molecule has 2 amide bonds. The first-order valence-electron chi connectivity index (χ1n) is 8.92. The largest absolute Gasteiger partial charge is 0.331 e. The van der Waals surface area contributed by atoms with Gasteiger partial charge < -0.3 is 9.47 Å². The highest BCUT2D eigenvalue weighted by molar-refractivity contribution is 5.88. The maximum Gasteiger partial charge on any atom is 0.323 e. The number of amides is 2. The van der Waals surface area contributed by atoms with Gasteiger partial charge in [-0.15, -0.1) is 0 Å². The molecule has 26 heavy (non-hydrogen) atoms. The second-order valence-corrected chi connectivity index (χ2v) is 7.08. The van der Waals surface area contributed by atoms with Crippen LogP contribution in [0.25, 0.3) is 0 Å². The third kappa shape index (κ3) is 2.95. The van der Waals surface area contributed by atoms with Crippen molar-refractivity contribution in [1.82, 2.24) is 24.2 Å². The number of imidazole rings is 1. The number of carbonyl (C=O) groups is 1. The Balaban J connectivity index is 1.44. The molecule has 1 saturated carbocycles. The van der Waals surface area contributed by atoms with E-state index in [9.17, 15) is 13.6 Å². The number of rotatable bonds is 4. The number of anilines is 1. The summed E-state index contributed by atoms with van der Waals surface area (Å²) in [6, 6.07) is 0.249. The Morgan fingerprint density at radius 3 is 2.92 bits per heavy atom. The molecule has 3 heterocycles. The van der Waals surface area contributed by atoms with Crippen molar-refractivity contribution in [3.05, 3.63) is 30.0 Å². The molecule has 7 nitrogen and oxygen atoms in total. The normalized spacial score (nSPS) is 22.0. The van der Waals surface area contributed by atoms with Gasteiger partial charge in [0.05, 0.1) is 18.4 Å². The number of hydrogen-bond donors (Lipinski definition) is 1. The van der Waals surface area contributed by atoms with Gasteiger partial charge in [0.2, 0.25) is 0 Å². The number of nitrogens with one attached hydrogen (secondary N) is 1. The fourth-order valence-electron chi connectivity index (χ4n) is 3.21. The van der Waals surface area contributed by atoms with Crippen molar-refractivity contribution in [3.63, 3.8) is 0 Å². The second-order valence-electron chi connectivity index (χ2n) is 7.08. The van der Waals surface area contributed by atoms with E-state index in [1.807, 2.05) is 0 Å². The van der Waals surface area contributed by atoms with Gasteiger partial charge in [0.1, 0.15) is 17.7 Å². The predicted molar refractivity (Wildman–Crippen MR) is 91.2 cm³/mol. The molecule has 1 N–H and O–H groups in total. The molecule has 1 fully saturated rings. The topological polar surface area (TPSA) is 68.0 Å². The molecule has 140 valence electrons. The molecule has 1 aliphatic carbocycles. The standard InChI is InChI=1S/C17H22F2N6O/c1-3-11(2)12-9-23-6-7-24(10-15(23)21-12)16(26)22-14-4-5-20-25(14)13-8-17(13,18)19/h4-5,9,11,13H,3,6-8,10H2,1-2H3,(H,22,26). The quantitative estimate of drug-likeness (QED) is 0.906. The zero-order chi connectivity index (χ0) is 18.5. The number of alkyl halides is 2. The van der Waals surface area contributed by atoms with Crippen LogP contribution in [0, 0.1) is 0 Å². The van der Waals surface area contributed by atoms with Crippen molar-refractivity contribution < 1.29 is 13.6 Å². The van der Waals surface area contributed by atoms with E-state index in [0.29, 0.717) is 31.4 Å². The van der Waals surface area contributed by atoms with Gasteiger partial charge in [0, 0.05) is 31.8 Å². The molecule has 2 aromatic heterocycles. The summed E-state index contributed by atoms with van der Waals surface area (Å²) in [5.74, 6) is -1.21. The van der Waals surface area contributed by atoms with E-state index in [-0.39, 0.29) is 12.5 Å². The lowest BCUT2D eigenvalue weighted by atomic mass is 10.1. The van der Waals surface area contributed by atoms with Crippen molar-refractivity contribution in [2.24, 2.45) is 0 Å². The molecule has 2 unspecified atom stereocenters. The zero-order valence-electron chi connectivity index (χ0n) is 14.8. The first-order valence-corrected chi connectivity index (χ1v) is 8.92. The summed E-state index contributed by atoms with van der Waals surface area (Å²) >= 11 is 0. The van der Waals surface area contributed by atoms with Crippen LogP contribution in [0.5, 0.6) is 0 Å². The number of urea groups is 1. The minimum absolute atomic E-state index is 0.239. The average molecular weight is 364 g/mol. The fraction of sp³-hybridized carbons (Fsp3) is 0.588. The second kappa shape index (κ2) is 6.07. The molecule has 0 radical (unpaired) electrons. The lowest BCUT2D eigenvalue weighted by Crippen LogP contribution is -2.41. The Hall–Kier alpha value is -2.45. The SMILES string of the molecule is CCC(C)c1cn2c(n1)CN(C(=O)Nc1ccnn1C1CC1(F)F)CC2. The van der Waals surface area contributed by atoms with Crippen LogP contribution in [0.1, 0.15) is 50.2 Å². The summed E-state index contributed by atoms with van der Waals surface area (Å²) in [6.07, 6.45) is 4.25. The molecule has 2 aromatic rings. The van der Waals surface area contributed by atoms with Crippen LogP contribution in [0.2, 0.25) is 0 Å². The van der Waals surface area contributed by atoms with E-state index in [4.69, 9.17) is 0 Å². The monoisotopic (exact) mass is 364 g/mol. The molecule has 0 bridgehead atoms. The number of aromatic nitrogens is 4. The highest BCUT2D eigenvalue weighted by Crippen LogP contribution is 2.53. The minimum atomic E-state index is -2.74. The summed E-state index contributed by atoms with van der Waals surface area (Å²) in [5.41, 5.74) is 1.04. The molecule has 0 aromatic carbocycles. The minimum Gasteiger partial charge on any atom is -0.331 e. The highest BCUT2D eigenvalue weighted by Gasteiger charge is 2.59. The fourth-order valence-corrected chi connectivity index (χ4v) is 3.21. The molecule has 1 aliphatic heterocycles.